The molecular weight excluding hydrogens is 261 g/mol. The van der Waals surface area contributed by atoms with Gasteiger partial charge in [-0.25, -0.2) is 4.79 Å². The first-order valence-corrected chi connectivity index (χ1v) is 6.75. The second-order valence-corrected chi connectivity index (χ2v) is 5.88. The predicted molar refractivity (Wildman–Crippen MR) is 76.7 cm³/mol. The fourth-order valence-electron chi connectivity index (χ4n) is 1.64. The van der Waals surface area contributed by atoms with Crippen LogP contribution < -0.4 is 5.32 Å². The van der Waals surface area contributed by atoms with Crippen LogP contribution >= 0.6 is 0 Å². The van der Waals surface area contributed by atoms with Gasteiger partial charge in [-0.2, -0.15) is 0 Å². The molecule has 0 aliphatic carbocycles. The fourth-order valence-corrected chi connectivity index (χ4v) is 1.64. The van der Waals surface area contributed by atoms with Crippen molar-refractivity contribution in [1.82, 2.24) is 5.32 Å². The summed E-state index contributed by atoms with van der Waals surface area (Å²) in [4.78, 5) is 10.3. The predicted octanol–water partition coefficient (Wildman–Crippen LogP) is 1.85. The first-order chi connectivity index (χ1) is 9.14. The zero-order valence-corrected chi connectivity index (χ0v) is 12.8. The van der Waals surface area contributed by atoms with Gasteiger partial charge in [-0.15, -0.1) is 0 Å². The maximum absolute atomic E-state index is 10.3. The normalized spacial score (nSPS) is 22.1. The number of nitrogens with one attached hydrogen (secondary N) is 1. The van der Waals surface area contributed by atoms with Gasteiger partial charge in [-0.3, -0.25) is 0 Å². The molecule has 1 aliphatic heterocycles. The first-order valence-electron chi connectivity index (χ1n) is 6.75. The van der Waals surface area contributed by atoms with E-state index >= 15 is 0 Å². The molecule has 0 bridgehead atoms. The Morgan fingerprint density at radius 3 is 2.40 bits per heavy atom. The van der Waals surface area contributed by atoms with Crippen LogP contribution in [0, 0.1) is 0 Å². The Bertz CT molecular complexity index is 354. The van der Waals surface area contributed by atoms with E-state index in [9.17, 15) is 4.79 Å². The highest BCUT2D eigenvalue weighted by atomic mass is 16.7. The molecule has 114 valence electrons. The summed E-state index contributed by atoms with van der Waals surface area (Å²) in [6.07, 6.45) is 0.585. The minimum Gasteiger partial charge on any atom is -0.465 e. The van der Waals surface area contributed by atoms with Gasteiger partial charge in [0.2, 0.25) is 0 Å². The van der Waals surface area contributed by atoms with Crippen molar-refractivity contribution in [1.29, 1.82) is 0 Å². The SMILES string of the molecule is CC(CNC(=O)O)OC/C=C/B1OC(C)(C)C(C)(C)O1. The van der Waals surface area contributed by atoms with E-state index in [0.717, 1.165) is 0 Å². The molecule has 20 heavy (non-hydrogen) atoms. The lowest BCUT2D eigenvalue weighted by Crippen LogP contribution is -2.41. The summed E-state index contributed by atoms with van der Waals surface area (Å²) < 4.78 is 17.0. The van der Waals surface area contributed by atoms with Crippen molar-refractivity contribution >= 4 is 13.2 Å². The molecule has 0 aromatic carbocycles. The van der Waals surface area contributed by atoms with Crippen LogP contribution in [-0.2, 0) is 14.0 Å². The molecule has 0 spiro atoms. The number of ether oxygens (including phenoxy) is 1. The van der Waals surface area contributed by atoms with Crippen molar-refractivity contribution in [2.45, 2.75) is 51.9 Å². The molecule has 0 aromatic heterocycles. The lowest BCUT2D eigenvalue weighted by Gasteiger charge is -2.32. The average Bonchev–Trinajstić information content (AvgIpc) is 2.50. The first kappa shape index (κ1) is 17.0. The van der Waals surface area contributed by atoms with E-state index < -0.39 is 6.09 Å². The Labute approximate surface area is 120 Å². The van der Waals surface area contributed by atoms with Crippen molar-refractivity contribution < 1.29 is 23.9 Å². The number of rotatable bonds is 6. The van der Waals surface area contributed by atoms with Crippen LogP contribution in [0.25, 0.3) is 0 Å². The minimum atomic E-state index is -1.05. The third kappa shape index (κ3) is 4.81. The molecule has 1 heterocycles. The molecule has 1 rings (SSSR count). The molecule has 7 heteroatoms. The van der Waals surface area contributed by atoms with Crippen LogP contribution in [0.3, 0.4) is 0 Å². The summed E-state index contributed by atoms with van der Waals surface area (Å²) in [7, 11) is -0.379. The summed E-state index contributed by atoms with van der Waals surface area (Å²) in [6.45, 7) is 10.4. The summed E-state index contributed by atoms with van der Waals surface area (Å²) >= 11 is 0. The maximum Gasteiger partial charge on any atom is 0.486 e. The van der Waals surface area contributed by atoms with Gasteiger partial charge in [0.25, 0.3) is 0 Å². The average molecular weight is 285 g/mol. The van der Waals surface area contributed by atoms with Crippen LogP contribution in [0.5, 0.6) is 0 Å². The Hall–Kier alpha value is -1.05. The number of carboxylic acid groups (broad SMARTS) is 1. The topological polar surface area (TPSA) is 77.0 Å². The van der Waals surface area contributed by atoms with Gasteiger partial charge in [0, 0.05) is 6.54 Å². The van der Waals surface area contributed by atoms with Gasteiger partial charge < -0.3 is 24.5 Å². The summed E-state index contributed by atoms with van der Waals surface area (Å²) in [6, 6.07) is 0. The zero-order valence-electron chi connectivity index (χ0n) is 12.8. The summed E-state index contributed by atoms with van der Waals surface area (Å²) in [5.74, 6) is 1.81. The van der Waals surface area contributed by atoms with E-state index in [1.165, 1.54) is 0 Å². The molecule has 1 saturated heterocycles. The molecular formula is C13H24BNO5. The van der Waals surface area contributed by atoms with Crippen molar-refractivity contribution in [3.63, 3.8) is 0 Å². The largest absolute Gasteiger partial charge is 0.486 e. The van der Waals surface area contributed by atoms with Crippen molar-refractivity contribution in [3.05, 3.63) is 12.1 Å². The van der Waals surface area contributed by atoms with Crippen LogP contribution in [0.4, 0.5) is 4.79 Å². The minimum absolute atomic E-state index is 0.186. The maximum atomic E-state index is 10.3. The van der Waals surface area contributed by atoms with Crippen LogP contribution in [0.1, 0.15) is 34.6 Å². The Morgan fingerprint density at radius 1 is 1.35 bits per heavy atom. The number of hydrogen-bond acceptors (Lipinski definition) is 4. The second kappa shape index (κ2) is 6.60. The van der Waals surface area contributed by atoms with Crippen molar-refractivity contribution in [3.8, 4) is 0 Å². The van der Waals surface area contributed by atoms with E-state index in [0.29, 0.717) is 6.61 Å². The Kier molecular flexibility index (Phi) is 5.62. The van der Waals surface area contributed by atoms with E-state index in [4.69, 9.17) is 19.2 Å². The number of hydrogen-bond donors (Lipinski definition) is 2. The summed E-state index contributed by atoms with van der Waals surface area (Å²) in [5.41, 5.74) is -0.691. The highest BCUT2D eigenvalue weighted by Gasteiger charge is 2.49. The molecule has 1 aliphatic rings. The molecule has 0 aromatic rings. The Morgan fingerprint density at radius 2 is 1.90 bits per heavy atom. The molecule has 1 amide bonds. The van der Waals surface area contributed by atoms with Gasteiger partial charge in [0.1, 0.15) is 0 Å². The van der Waals surface area contributed by atoms with Gasteiger partial charge in [0.05, 0.1) is 23.9 Å². The van der Waals surface area contributed by atoms with Crippen LogP contribution in [-0.4, -0.2) is 48.8 Å². The van der Waals surface area contributed by atoms with Crippen molar-refractivity contribution in [2.75, 3.05) is 13.2 Å². The van der Waals surface area contributed by atoms with E-state index in [2.05, 4.69) is 5.32 Å². The Balaban J connectivity index is 2.28. The summed E-state index contributed by atoms with van der Waals surface area (Å²) in [5, 5.41) is 10.7. The lowest BCUT2D eigenvalue weighted by atomic mass is 9.90. The molecule has 1 atom stereocenters. The molecule has 2 N–H and O–H groups in total. The smallest absolute Gasteiger partial charge is 0.465 e. The molecule has 1 fully saturated rings. The van der Waals surface area contributed by atoms with E-state index in [1.807, 2.05) is 39.7 Å². The number of carbonyl (C=O) groups is 1. The lowest BCUT2D eigenvalue weighted by molar-refractivity contribution is 0.00578. The third-order valence-corrected chi connectivity index (χ3v) is 3.58. The molecule has 1 unspecified atom stereocenters. The quantitative estimate of drug-likeness (QED) is 0.728. The standard InChI is InChI=1S/C13H24BNO5/c1-10(9-15-11(16)17)18-8-6-7-14-19-12(2,3)13(4,5)20-14/h6-7,10,15H,8-9H2,1-5H3,(H,16,17)/b7-6+. The van der Waals surface area contributed by atoms with E-state index in [1.54, 1.807) is 6.92 Å². The number of amides is 1. The van der Waals surface area contributed by atoms with Gasteiger partial charge in [-0.05, 0) is 34.6 Å². The molecule has 0 radical (unpaired) electrons. The van der Waals surface area contributed by atoms with Gasteiger partial charge >= 0.3 is 13.2 Å². The molecule has 6 nitrogen and oxygen atoms in total. The van der Waals surface area contributed by atoms with Crippen molar-refractivity contribution in [2.24, 2.45) is 0 Å². The van der Waals surface area contributed by atoms with Gasteiger partial charge in [-0.1, -0.05) is 12.1 Å². The highest BCUT2D eigenvalue weighted by Crippen LogP contribution is 2.36. The third-order valence-electron chi connectivity index (χ3n) is 3.58. The van der Waals surface area contributed by atoms with Gasteiger partial charge in [0.15, 0.2) is 0 Å². The molecule has 0 saturated carbocycles. The highest BCUT2D eigenvalue weighted by molar-refractivity contribution is 6.51. The fraction of sp³-hybridized carbons (Fsp3) is 0.769. The van der Waals surface area contributed by atoms with Crippen LogP contribution in [0.2, 0.25) is 0 Å². The van der Waals surface area contributed by atoms with Crippen LogP contribution in [0.15, 0.2) is 12.1 Å². The zero-order chi connectivity index (χ0) is 15.4. The monoisotopic (exact) mass is 285 g/mol. The second-order valence-electron chi connectivity index (χ2n) is 5.88. The van der Waals surface area contributed by atoms with E-state index in [-0.39, 0.29) is 31.0 Å².